The lowest BCUT2D eigenvalue weighted by molar-refractivity contribution is -0.131. The Hall–Kier alpha value is -1.70. The van der Waals surface area contributed by atoms with E-state index in [9.17, 15) is 22.0 Å². The molecule has 5 nitrogen and oxygen atoms in total. The fraction of sp³-hybridized carbons (Fsp3) is 0.533. The van der Waals surface area contributed by atoms with Crippen LogP contribution in [0.25, 0.3) is 0 Å². The van der Waals surface area contributed by atoms with Crippen molar-refractivity contribution < 1.29 is 22.0 Å². The Morgan fingerprint density at radius 1 is 1.17 bits per heavy atom. The third kappa shape index (κ3) is 4.40. The van der Waals surface area contributed by atoms with Gasteiger partial charge in [0.25, 0.3) is 0 Å². The number of nitrogens with zero attached hydrogens (tertiary/aromatic N) is 2. The van der Waals surface area contributed by atoms with Crippen LogP contribution in [0.1, 0.15) is 25.7 Å². The predicted molar refractivity (Wildman–Crippen MR) is 83.6 cm³/mol. The van der Waals surface area contributed by atoms with E-state index in [0.29, 0.717) is 17.4 Å². The number of carbonyl (C=O) groups excluding carboxylic acids is 1. The van der Waals surface area contributed by atoms with Crippen molar-refractivity contribution in [2.24, 2.45) is 0 Å². The summed E-state index contributed by atoms with van der Waals surface area (Å²) < 4.78 is 52.1. The zero-order valence-corrected chi connectivity index (χ0v) is 13.8. The zero-order valence-electron chi connectivity index (χ0n) is 13.0. The summed E-state index contributed by atoms with van der Waals surface area (Å²) in [5.74, 6) is -2.14. The summed E-state index contributed by atoms with van der Waals surface area (Å²) in [7, 11) is -3.91. The van der Waals surface area contributed by atoms with Gasteiger partial charge in [-0.25, -0.2) is 17.2 Å². The number of sulfonamides is 1. The second-order valence-corrected chi connectivity index (χ2v) is 7.50. The van der Waals surface area contributed by atoms with E-state index in [4.69, 9.17) is 0 Å². The van der Waals surface area contributed by atoms with Crippen molar-refractivity contribution in [2.75, 3.05) is 30.2 Å². The van der Waals surface area contributed by atoms with Gasteiger partial charge < -0.3 is 4.90 Å². The largest absolute Gasteiger partial charge is 0.343 e. The summed E-state index contributed by atoms with van der Waals surface area (Å²) in [6, 6.07) is 3.14. The molecule has 0 unspecified atom stereocenters. The molecule has 128 valence electrons. The average molecular weight is 346 g/mol. The van der Waals surface area contributed by atoms with Crippen molar-refractivity contribution >= 4 is 21.6 Å². The third-order valence-corrected chi connectivity index (χ3v) is 4.99. The van der Waals surface area contributed by atoms with Crippen molar-refractivity contribution in [3.05, 3.63) is 29.8 Å². The molecular weight excluding hydrogens is 326 g/mol. The highest BCUT2D eigenvalue weighted by Crippen LogP contribution is 2.25. The molecular formula is C15H20F2N2O3S. The topological polar surface area (TPSA) is 57.7 Å². The summed E-state index contributed by atoms with van der Waals surface area (Å²) in [6.07, 6.45) is 3.66. The van der Waals surface area contributed by atoms with Gasteiger partial charge in [0.15, 0.2) is 11.6 Å². The fourth-order valence-corrected chi connectivity index (χ4v) is 3.60. The molecule has 1 aliphatic heterocycles. The number of rotatable bonds is 5. The second-order valence-electron chi connectivity index (χ2n) is 5.60. The Balaban J connectivity index is 2.16. The van der Waals surface area contributed by atoms with Gasteiger partial charge in [0.2, 0.25) is 15.9 Å². The van der Waals surface area contributed by atoms with E-state index in [1.165, 1.54) is 0 Å². The maximum Gasteiger partial charge on any atom is 0.232 e. The molecule has 1 amide bonds. The summed E-state index contributed by atoms with van der Waals surface area (Å²) in [5.41, 5.74) is -0.638. The van der Waals surface area contributed by atoms with E-state index in [2.05, 4.69) is 0 Å². The van der Waals surface area contributed by atoms with Gasteiger partial charge in [-0.1, -0.05) is 6.07 Å². The SMILES string of the molecule is CS(=O)(=O)N(CCC(=O)N1CCCCC1)c1c(F)cccc1F. The number of halogens is 2. The maximum atomic E-state index is 13.9. The highest BCUT2D eigenvalue weighted by atomic mass is 32.2. The van der Waals surface area contributed by atoms with Crippen LogP contribution in [-0.2, 0) is 14.8 Å². The standard InChI is InChI=1S/C15H20F2N2O3S/c1-23(21,22)19(15-12(16)6-5-7-13(15)17)11-8-14(20)18-9-3-2-4-10-18/h5-7H,2-4,8-11H2,1H3. The fourth-order valence-electron chi connectivity index (χ4n) is 2.67. The summed E-state index contributed by atoms with van der Waals surface area (Å²) in [6.45, 7) is 1.00. The highest BCUT2D eigenvalue weighted by Gasteiger charge is 2.26. The lowest BCUT2D eigenvalue weighted by Gasteiger charge is -2.28. The van der Waals surface area contributed by atoms with Gasteiger partial charge in [-0.15, -0.1) is 0 Å². The molecule has 0 spiro atoms. The first-order chi connectivity index (χ1) is 10.8. The van der Waals surface area contributed by atoms with E-state index in [1.807, 2.05) is 0 Å². The van der Waals surface area contributed by atoms with Crippen molar-refractivity contribution in [1.82, 2.24) is 4.90 Å². The molecule has 2 rings (SSSR count). The molecule has 23 heavy (non-hydrogen) atoms. The molecule has 0 N–H and O–H groups in total. The number of anilines is 1. The third-order valence-electron chi connectivity index (χ3n) is 3.82. The molecule has 8 heteroatoms. The number of hydrogen-bond acceptors (Lipinski definition) is 3. The van der Waals surface area contributed by atoms with Gasteiger partial charge in [0.1, 0.15) is 5.69 Å². The lowest BCUT2D eigenvalue weighted by atomic mass is 10.1. The minimum atomic E-state index is -3.91. The maximum absolute atomic E-state index is 13.9. The molecule has 0 bridgehead atoms. The number of benzene rings is 1. The van der Waals surface area contributed by atoms with E-state index < -0.39 is 27.3 Å². The van der Waals surface area contributed by atoms with Gasteiger partial charge in [0, 0.05) is 26.1 Å². The molecule has 0 atom stereocenters. The Morgan fingerprint density at radius 3 is 2.26 bits per heavy atom. The molecule has 1 saturated heterocycles. The molecule has 1 aromatic carbocycles. The highest BCUT2D eigenvalue weighted by molar-refractivity contribution is 7.92. The number of hydrogen-bond donors (Lipinski definition) is 0. The van der Waals surface area contributed by atoms with Crippen LogP contribution in [-0.4, -0.2) is 45.1 Å². The zero-order chi connectivity index (χ0) is 17.0. The van der Waals surface area contributed by atoms with Crippen molar-refractivity contribution in [3.8, 4) is 0 Å². The lowest BCUT2D eigenvalue weighted by Crippen LogP contribution is -2.39. The Bertz CT molecular complexity index is 653. The van der Waals surface area contributed by atoms with Crippen LogP contribution in [0.2, 0.25) is 0 Å². The number of piperidine rings is 1. The smallest absolute Gasteiger partial charge is 0.232 e. The molecule has 1 heterocycles. The quantitative estimate of drug-likeness (QED) is 0.821. The molecule has 1 fully saturated rings. The van der Waals surface area contributed by atoms with Crippen LogP contribution in [0.4, 0.5) is 14.5 Å². The van der Waals surface area contributed by atoms with E-state index in [1.54, 1.807) is 4.90 Å². The number of amides is 1. The minimum Gasteiger partial charge on any atom is -0.343 e. The van der Waals surface area contributed by atoms with Crippen molar-refractivity contribution in [3.63, 3.8) is 0 Å². The molecule has 1 aliphatic rings. The van der Waals surface area contributed by atoms with Crippen LogP contribution < -0.4 is 4.31 Å². The second kappa shape index (κ2) is 7.25. The summed E-state index contributed by atoms with van der Waals surface area (Å²) in [4.78, 5) is 13.8. The van der Waals surface area contributed by atoms with Gasteiger partial charge in [-0.3, -0.25) is 9.10 Å². The Labute approximate surface area is 134 Å². The van der Waals surface area contributed by atoms with Crippen LogP contribution >= 0.6 is 0 Å². The van der Waals surface area contributed by atoms with Crippen molar-refractivity contribution in [1.29, 1.82) is 0 Å². The first-order valence-electron chi connectivity index (χ1n) is 7.50. The van der Waals surface area contributed by atoms with Crippen LogP contribution in [0.5, 0.6) is 0 Å². The van der Waals surface area contributed by atoms with E-state index >= 15 is 0 Å². The Kier molecular flexibility index (Phi) is 5.56. The molecule has 1 aromatic rings. The van der Waals surface area contributed by atoms with Crippen molar-refractivity contribution in [2.45, 2.75) is 25.7 Å². The van der Waals surface area contributed by atoms with Crippen LogP contribution in [0.3, 0.4) is 0 Å². The normalized spacial score (nSPS) is 15.5. The molecule has 0 aromatic heterocycles. The average Bonchev–Trinajstić information content (AvgIpc) is 2.49. The number of carbonyl (C=O) groups is 1. The van der Waals surface area contributed by atoms with Gasteiger partial charge >= 0.3 is 0 Å². The first kappa shape index (κ1) is 17.7. The molecule has 0 radical (unpaired) electrons. The van der Waals surface area contributed by atoms with Gasteiger partial charge in [-0.05, 0) is 31.4 Å². The predicted octanol–water partition coefficient (Wildman–Crippen LogP) is 2.13. The van der Waals surface area contributed by atoms with Crippen LogP contribution in [0.15, 0.2) is 18.2 Å². The van der Waals surface area contributed by atoms with Gasteiger partial charge in [-0.2, -0.15) is 0 Å². The Morgan fingerprint density at radius 2 is 1.74 bits per heavy atom. The summed E-state index contributed by atoms with van der Waals surface area (Å²) >= 11 is 0. The monoisotopic (exact) mass is 346 g/mol. The summed E-state index contributed by atoms with van der Waals surface area (Å²) in [5, 5.41) is 0. The number of likely N-dealkylation sites (tertiary alicyclic amines) is 1. The first-order valence-corrected chi connectivity index (χ1v) is 9.35. The van der Waals surface area contributed by atoms with E-state index in [-0.39, 0.29) is 18.9 Å². The number of para-hydroxylation sites is 1. The minimum absolute atomic E-state index is 0.110. The van der Waals surface area contributed by atoms with Gasteiger partial charge in [0.05, 0.1) is 6.26 Å². The molecule has 0 saturated carbocycles. The van der Waals surface area contributed by atoms with E-state index in [0.717, 1.165) is 43.7 Å². The van der Waals surface area contributed by atoms with Crippen LogP contribution in [0, 0.1) is 11.6 Å². The molecule has 0 aliphatic carbocycles.